The summed E-state index contributed by atoms with van der Waals surface area (Å²) in [6.07, 6.45) is 0. The van der Waals surface area contributed by atoms with Crippen LogP contribution in [0.2, 0.25) is 0 Å². The molecule has 0 amide bonds. The van der Waals surface area contributed by atoms with E-state index in [1.54, 1.807) is 6.07 Å². The standard InChI is InChI=1S/C14H19N3O/c1-8-5-9(11-7-12(15)17-16-11)6-10(13(8)18)14(2,3)4/h5-7,18H,1-4H3,(H3,15,16,17). The van der Waals surface area contributed by atoms with Crippen LogP contribution in [-0.4, -0.2) is 15.3 Å². The van der Waals surface area contributed by atoms with E-state index >= 15 is 0 Å². The zero-order chi connectivity index (χ0) is 13.5. The van der Waals surface area contributed by atoms with Crippen LogP contribution in [0.5, 0.6) is 5.75 Å². The Balaban J connectivity index is 2.61. The summed E-state index contributed by atoms with van der Waals surface area (Å²) in [5.41, 5.74) is 9.12. The van der Waals surface area contributed by atoms with Crippen molar-refractivity contribution in [2.24, 2.45) is 0 Å². The van der Waals surface area contributed by atoms with Crippen LogP contribution >= 0.6 is 0 Å². The number of H-pyrrole nitrogens is 1. The lowest BCUT2D eigenvalue weighted by atomic mass is 9.84. The molecule has 1 aromatic heterocycles. The van der Waals surface area contributed by atoms with Gasteiger partial charge in [-0.05, 0) is 30.0 Å². The molecule has 1 heterocycles. The molecule has 0 aliphatic heterocycles. The number of nitrogens with two attached hydrogens (primary N) is 1. The highest BCUT2D eigenvalue weighted by atomic mass is 16.3. The Morgan fingerprint density at radius 3 is 2.39 bits per heavy atom. The average Bonchev–Trinajstić information content (AvgIpc) is 2.67. The minimum absolute atomic E-state index is 0.115. The lowest BCUT2D eigenvalue weighted by Gasteiger charge is -2.22. The highest BCUT2D eigenvalue weighted by molar-refractivity contribution is 5.66. The van der Waals surface area contributed by atoms with Crippen molar-refractivity contribution in [3.63, 3.8) is 0 Å². The molecular weight excluding hydrogens is 226 g/mol. The van der Waals surface area contributed by atoms with Gasteiger partial charge in [0.1, 0.15) is 11.6 Å². The third-order valence-electron chi connectivity index (χ3n) is 3.02. The maximum atomic E-state index is 10.2. The second-order valence-corrected chi connectivity index (χ2v) is 5.65. The van der Waals surface area contributed by atoms with Gasteiger partial charge in [-0.15, -0.1) is 0 Å². The molecule has 0 aliphatic carbocycles. The molecule has 0 unspecified atom stereocenters. The maximum Gasteiger partial charge on any atom is 0.145 e. The summed E-state index contributed by atoms with van der Waals surface area (Å²) in [6, 6.07) is 5.70. The third kappa shape index (κ3) is 2.18. The quantitative estimate of drug-likeness (QED) is 0.723. The summed E-state index contributed by atoms with van der Waals surface area (Å²) < 4.78 is 0. The van der Waals surface area contributed by atoms with Crippen molar-refractivity contribution in [3.8, 4) is 17.0 Å². The molecule has 0 aliphatic rings. The molecule has 0 saturated heterocycles. The summed E-state index contributed by atoms with van der Waals surface area (Å²) >= 11 is 0. The Morgan fingerprint density at radius 1 is 1.22 bits per heavy atom. The van der Waals surface area contributed by atoms with Gasteiger partial charge in [0.05, 0.1) is 5.69 Å². The van der Waals surface area contributed by atoms with Gasteiger partial charge in [0.25, 0.3) is 0 Å². The van der Waals surface area contributed by atoms with Crippen LogP contribution in [0.3, 0.4) is 0 Å². The van der Waals surface area contributed by atoms with Gasteiger partial charge in [-0.3, -0.25) is 5.10 Å². The van der Waals surface area contributed by atoms with Crippen LogP contribution < -0.4 is 5.73 Å². The fourth-order valence-electron chi connectivity index (χ4n) is 1.99. The fraction of sp³-hybridized carbons (Fsp3) is 0.357. The molecular formula is C14H19N3O. The van der Waals surface area contributed by atoms with E-state index in [1.807, 2.05) is 19.1 Å². The molecule has 0 atom stereocenters. The molecule has 4 N–H and O–H groups in total. The number of rotatable bonds is 1. The van der Waals surface area contributed by atoms with Crippen LogP contribution in [0.1, 0.15) is 31.9 Å². The molecule has 2 aromatic rings. The molecule has 0 spiro atoms. The molecule has 2 rings (SSSR count). The van der Waals surface area contributed by atoms with Gasteiger partial charge in [0, 0.05) is 17.2 Å². The number of aromatic nitrogens is 2. The number of nitrogens with zero attached hydrogens (tertiary/aromatic N) is 1. The van der Waals surface area contributed by atoms with Crippen molar-refractivity contribution in [2.45, 2.75) is 33.1 Å². The van der Waals surface area contributed by atoms with E-state index in [4.69, 9.17) is 5.73 Å². The summed E-state index contributed by atoms with van der Waals surface area (Å²) in [5, 5.41) is 17.0. The molecule has 96 valence electrons. The topological polar surface area (TPSA) is 74.9 Å². The summed E-state index contributed by atoms with van der Waals surface area (Å²) in [4.78, 5) is 0. The second kappa shape index (κ2) is 4.05. The van der Waals surface area contributed by atoms with E-state index < -0.39 is 0 Å². The molecule has 18 heavy (non-hydrogen) atoms. The fourth-order valence-corrected chi connectivity index (χ4v) is 1.99. The number of hydrogen-bond donors (Lipinski definition) is 3. The van der Waals surface area contributed by atoms with Crippen LogP contribution in [0.4, 0.5) is 5.82 Å². The number of hydrogen-bond acceptors (Lipinski definition) is 3. The summed E-state index contributed by atoms with van der Waals surface area (Å²) in [7, 11) is 0. The van der Waals surface area contributed by atoms with Crippen molar-refractivity contribution >= 4 is 5.82 Å². The highest BCUT2D eigenvalue weighted by Gasteiger charge is 2.20. The minimum Gasteiger partial charge on any atom is -0.507 e. The first-order valence-corrected chi connectivity index (χ1v) is 5.94. The first kappa shape index (κ1) is 12.5. The van der Waals surface area contributed by atoms with Gasteiger partial charge in [-0.1, -0.05) is 20.8 Å². The lowest BCUT2D eigenvalue weighted by Crippen LogP contribution is -2.12. The number of anilines is 1. The van der Waals surface area contributed by atoms with Crippen LogP contribution in [0, 0.1) is 6.92 Å². The molecule has 0 fully saturated rings. The number of phenols is 1. The normalized spacial score (nSPS) is 11.8. The van der Waals surface area contributed by atoms with Crippen molar-refractivity contribution in [1.29, 1.82) is 0 Å². The van der Waals surface area contributed by atoms with Gasteiger partial charge in [-0.25, -0.2) is 0 Å². The van der Waals surface area contributed by atoms with Crippen molar-refractivity contribution in [1.82, 2.24) is 10.2 Å². The van der Waals surface area contributed by atoms with E-state index in [0.29, 0.717) is 11.6 Å². The molecule has 4 nitrogen and oxygen atoms in total. The zero-order valence-corrected chi connectivity index (χ0v) is 11.2. The van der Waals surface area contributed by atoms with Gasteiger partial charge >= 0.3 is 0 Å². The van der Waals surface area contributed by atoms with E-state index in [-0.39, 0.29) is 5.41 Å². The van der Waals surface area contributed by atoms with Gasteiger partial charge in [0.15, 0.2) is 0 Å². The Labute approximate surface area is 107 Å². The monoisotopic (exact) mass is 245 g/mol. The van der Waals surface area contributed by atoms with Gasteiger partial charge < -0.3 is 10.8 Å². The number of nitrogen functional groups attached to an aromatic ring is 1. The molecule has 0 saturated carbocycles. The Bertz CT molecular complexity index is 579. The average molecular weight is 245 g/mol. The number of aromatic hydroxyl groups is 1. The van der Waals surface area contributed by atoms with Gasteiger partial charge in [-0.2, -0.15) is 5.10 Å². The first-order chi connectivity index (χ1) is 8.29. The van der Waals surface area contributed by atoms with Crippen molar-refractivity contribution < 1.29 is 5.11 Å². The van der Waals surface area contributed by atoms with Crippen molar-refractivity contribution in [3.05, 3.63) is 29.3 Å². The number of nitrogens with one attached hydrogen (secondary N) is 1. The lowest BCUT2D eigenvalue weighted by molar-refractivity contribution is 0.443. The number of aryl methyl sites for hydroxylation is 1. The Kier molecular flexibility index (Phi) is 2.81. The predicted octanol–water partition coefficient (Wildman–Crippen LogP) is 2.97. The zero-order valence-electron chi connectivity index (χ0n) is 11.2. The van der Waals surface area contributed by atoms with E-state index in [9.17, 15) is 5.11 Å². The Hall–Kier alpha value is -1.97. The second-order valence-electron chi connectivity index (χ2n) is 5.65. The number of phenolic OH excluding ortho intramolecular Hbond substituents is 1. The SMILES string of the molecule is Cc1cc(-c2cc(N)n[nH]2)cc(C(C)(C)C)c1O. The third-order valence-corrected chi connectivity index (χ3v) is 3.02. The highest BCUT2D eigenvalue weighted by Crippen LogP contribution is 2.36. The largest absolute Gasteiger partial charge is 0.507 e. The maximum absolute atomic E-state index is 10.2. The van der Waals surface area contributed by atoms with E-state index in [2.05, 4.69) is 31.0 Å². The smallest absolute Gasteiger partial charge is 0.145 e. The van der Waals surface area contributed by atoms with Crippen molar-refractivity contribution in [2.75, 3.05) is 5.73 Å². The predicted molar refractivity (Wildman–Crippen MR) is 73.5 cm³/mol. The number of benzene rings is 1. The molecule has 4 heteroatoms. The molecule has 1 aromatic carbocycles. The minimum atomic E-state index is -0.115. The first-order valence-electron chi connectivity index (χ1n) is 5.94. The Morgan fingerprint density at radius 2 is 1.89 bits per heavy atom. The van der Waals surface area contributed by atoms with Gasteiger partial charge in [0.2, 0.25) is 0 Å². The summed E-state index contributed by atoms with van der Waals surface area (Å²) in [6.45, 7) is 8.12. The number of aromatic amines is 1. The molecule has 0 bridgehead atoms. The van der Waals surface area contributed by atoms with E-state index in [1.165, 1.54) is 0 Å². The summed E-state index contributed by atoms with van der Waals surface area (Å²) in [5.74, 6) is 0.826. The van der Waals surface area contributed by atoms with E-state index in [0.717, 1.165) is 22.4 Å². The van der Waals surface area contributed by atoms with Crippen LogP contribution in [0.15, 0.2) is 18.2 Å². The molecule has 0 radical (unpaired) electrons. The van der Waals surface area contributed by atoms with Crippen LogP contribution in [0.25, 0.3) is 11.3 Å². The van der Waals surface area contributed by atoms with Crippen LogP contribution in [-0.2, 0) is 5.41 Å².